The first-order valence-electron chi connectivity index (χ1n) is 8.60. The van der Waals surface area contributed by atoms with Gasteiger partial charge in [0.25, 0.3) is 0 Å². The highest BCUT2D eigenvalue weighted by atomic mass is 32.2. The van der Waals surface area contributed by atoms with Crippen molar-refractivity contribution in [2.45, 2.75) is 23.8 Å². The summed E-state index contributed by atoms with van der Waals surface area (Å²) in [6.07, 6.45) is 0.254. The third-order valence-electron chi connectivity index (χ3n) is 4.13. The van der Waals surface area contributed by atoms with E-state index >= 15 is 0 Å². The molecule has 9 heteroatoms. The molecule has 0 saturated heterocycles. The second kappa shape index (κ2) is 7.81. The van der Waals surface area contributed by atoms with Gasteiger partial charge < -0.3 is 10.3 Å². The van der Waals surface area contributed by atoms with Crippen LogP contribution in [0.3, 0.4) is 0 Å². The van der Waals surface area contributed by atoms with E-state index in [2.05, 4.69) is 20.4 Å². The molecule has 142 valence electrons. The first-order chi connectivity index (χ1) is 13.6. The van der Waals surface area contributed by atoms with E-state index in [9.17, 15) is 4.39 Å². The molecular weight excluding hydrogens is 379 g/mol. The molecule has 0 radical (unpaired) electrons. The van der Waals surface area contributed by atoms with Crippen molar-refractivity contribution in [3.63, 3.8) is 0 Å². The maximum Gasteiger partial charge on any atom is 0.247 e. The van der Waals surface area contributed by atoms with Gasteiger partial charge in [-0.25, -0.2) is 9.07 Å². The number of benzene rings is 2. The standard InChI is InChI=1S/C19H17FN6OS/c1-12(17-23-24-18(27-17)13-7-3-2-4-8-13)28-19-25-22-16(26(19)21)11-14-9-5-6-10-15(14)20/h2-10,12H,11,21H2,1H3/t12-/m0/s1. The molecule has 0 aliphatic carbocycles. The van der Waals surface area contributed by atoms with E-state index < -0.39 is 0 Å². The summed E-state index contributed by atoms with van der Waals surface area (Å²) in [5.41, 5.74) is 1.36. The van der Waals surface area contributed by atoms with Crippen LogP contribution in [0.4, 0.5) is 4.39 Å². The minimum atomic E-state index is -0.299. The number of rotatable bonds is 6. The normalized spacial score (nSPS) is 12.2. The van der Waals surface area contributed by atoms with E-state index in [4.69, 9.17) is 10.3 Å². The zero-order valence-corrected chi connectivity index (χ0v) is 15.8. The highest BCUT2D eigenvalue weighted by molar-refractivity contribution is 7.99. The molecule has 0 aliphatic rings. The Kier molecular flexibility index (Phi) is 5.07. The molecule has 0 saturated carbocycles. The molecule has 0 bridgehead atoms. The Balaban J connectivity index is 1.48. The lowest BCUT2D eigenvalue weighted by Gasteiger charge is -2.07. The van der Waals surface area contributed by atoms with E-state index in [1.807, 2.05) is 37.3 Å². The predicted molar refractivity (Wildman–Crippen MR) is 103 cm³/mol. The lowest BCUT2D eigenvalue weighted by Crippen LogP contribution is -2.15. The first kappa shape index (κ1) is 18.2. The molecule has 2 heterocycles. The Morgan fingerprint density at radius 2 is 1.79 bits per heavy atom. The van der Waals surface area contributed by atoms with E-state index in [0.29, 0.717) is 28.3 Å². The van der Waals surface area contributed by atoms with Crippen molar-refractivity contribution >= 4 is 11.8 Å². The average molecular weight is 396 g/mol. The van der Waals surface area contributed by atoms with Gasteiger partial charge in [0.15, 0.2) is 5.82 Å². The second-order valence-electron chi connectivity index (χ2n) is 6.11. The molecule has 0 amide bonds. The molecule has 0 aliphatic heterocycles. The maximum atomic E-state index is 13.9. The van der Waals surface area contributed by atoms with Crippen molar-refractivity contribution in [2.24, 2.45) is 0 Å². The zero-order valence-electron chi connectivity index (χ0n) is 15.0. The van der Waals surface area contributed by atoms with Crippen molar-refractivity contribution < 1.29 is 8.81 Å². The van der Waals surface area contributed by atoms with Gasteiger partial charge >= 0.3 is 0 Å². The number of nitrogens with zero attached hydrogens (tertiary/aromatic N) is 5. The monoisotopic (exact) mass is 396 g/mol. The van der Waals surface area contributed by atoms with Crippen LogP contribution in [-0.2, 0) is 6.42 Å². The van der Waals surface area contributed by atoms with Crippen molar-refractivity contribution in [1.82, 2.24) is 25.1 Å². The van der Waals surface area contributed by atoms with Crippen molar-refractivity contribution in [1.29, 1.82) is 0 Å². The number of aromatic nitrogens is 5. The third-order valence-corrected chi connectivity index (χ3v) is 5.18. The number of hydrogen-bond acceptors (Lipinski definition) is 7. The molecule has 0 spiro atoms. The maximum absolute atomic E-state index is 13.9. The highest BCUT2D eigenvalue weighted by Gasteiger charge is 2.20. The van der Waals surface area contributed by atoms with Gasteiger partial charge in [-0.2, -0.15) is 0 Å². The molecule has 28 heavy (non-hydrogen) atoms. The van der Waals surface area contributed by atoms with Crippen molar-refractivity contribution in [3.05, 3.63) is 77.7 Å². The Morgan fingerprint density at radius 1 is 1.04 bits per heavy atom. The summed E-state index contributed by atoms with van der Waals surface area (Å²) in [5.74, 6) is 7.19. The minimum absolute atomic E-state index is 0.183. The Hall–Kier alpha value is -3.20. The Morgan fingerprint density at radius 3 is 2.57 bits per heavy atom. The number of nitrogens with two attached hydrogens (primary N) is 1. The van der Waals surface area contributed by atoms with Crippen LogP contribution in [0.1, 0.15) is 29.5 Å². The van der Waals surface area contributed by atoms with Crippen LogP contribution < -0.4 is 5.84 Å². The number of hydrogen-bond donors (Lipinski definition) is 1. The molecule has 4 aromatic rings. The molecule has 7 nitrogen and oxygen atoms in total. The van der Waals surface area contributed by atoms with Gasteiger partial charge in [0.05, 0.1) is 5.25 Å². The molecule has 0 fully saturated rings. The van der Waals surface area contributed by atoms with E-state index in [1.165, 1.54) is 22.5 Å². The lowest BCUT2D eigenvalue weighted by molar-refractivity contribution is 0.508. The molecule has 1 atom stereocenters. The summed E-state index contributed by atoms with van der Waals surface area (Å²) >= 11 is 1.34. The van der Waals surface area contributed by atoms with Crippen molar-refractivity contribution in [3.8, 4) is 11.5 Å². The fourth-order valence-corrected chi connectivity index (χ4v) is 3.44. The molecule has 2 N–H and O–H groups in total. The molecule has 2 aromatic carbocycles. The van der Waals surface area contributed by atoms with Crippen LogP contribution in [0, 0.1) is 5.82 Å². The average Bonchev–Trinajstić information content (AvgIpc) is 3.33. The first-order valence-corrected chi connectivity index (χ1v) is 9.48. The van der Waals surface area contributed by atoms with Crippen LogP contribution in [0.2, 0.25) is 0 Å². The summed E-state index contributed by atoms with van der Waals surface area (Å²) < 4.78 is 21.0. The zero-order chi connectivity index (χ0) is 19.5. The van der Waals surface area contributed by atoms with Crippen LogP contribution in [-0.4, -0.2) is 25.1 Å². The van der Waals surface area contributed by atoms with Gasteiger partial charge in [0.2, 0.25) is 16.9 Å². The molecular formula is C19H17FN6OS. The number of halogens is 1. The Bertz CT molecular complexity index is 1080. The predicted octanol–water partition coefficient (Wildman–Crippen LogP) is 3.63. The summed E-state index contributed by atoms with van der Waals surface area (Å²) in [5, 5.41) is 16.7. The van der Waals surface area contributed by atoms with Gasteiger partial charge in [-0.1, -0.05) is 48.2 Å². The lowest BCUT2D eigenvalue weighted by atomic mass is 10.1. The summed E-state index contributed by atoms with van der Waals surface area (Å²) in [6, 6.07) is 16.1. The SMILES string of the molecule is C[C@H](Sc1nnc(Cc2ccccc2F)n1N)c1nnc(-c2ccccc2)o1. The summed E-state index contributed by atoms with van der Waals surface area (Å²) in [6.45, 7) is 1.91. The molecule has 4 rings (SSSR count). The van der Waals surface area contributed by atoms with Crippen LogP contribution in [0.5, 0.6) is 0 Å². The largest absolute Gasteiger partial charge is 0.419 e. The summed E-state index contributed by atoms with van der Waals surface area (Å²) in [4.78, 5) is 0. The van der Waals surface area contributed by atoms with Gasteiger partial charge in [-0.05, 0) is 30.7 Å². The van der Waals surface area contributed by atoms with E-state index in [-0.39, 0.29) is 17.5 Å². The van der Waals surface area contributed by atoms with Gasteiger partial charge in [0, 0.05) is 12.0 Å². The fourth-order valence-electron chi connectivity index (χ4n) is 2.63. The topological polar surface area (TPSA) is 95.7 Å². The Labute approximate surface area is 164 Å². The quantitative estimate of drug-likeness (QED) is 0.393. The van der Waals surface area contributed by atoms with Gasteiger partial charge in [-0.3, -0.25) is 0 Å². The van der Waals surface area contributed by atoms with E-state index in [0.717, 1.165) is 5.56 Å². The summed E-state index contributed by atoms with van der Waals surface area (Å²) in [7, 11) is 0. The number of nitrogen functional groups attached to an aromatic ring is 1. The third kappa shape index (κ3) is 3.74. The van der Waals surface area contributed by atoms with E-state index in [1.54, 1.807) is 18.2 Å². The molecule has 0 unspecified atom stereocenters. The smallest absolute Gasteiger partial charge is 0.247 e. The van der Waals surface area contributed by atoms with Crippen LogP contribution in [0.15, 0.2) is 64.2 Å². The number of thioether (sulfide) groups is 1. The van der Waals surface area contributed by atoms with Crippen molar-refractivity contribution in [2.75, 3.05) is 5.84 Å². The van der Waals surface area contributed by atoms with Crippen LogP contribution in [0.25, 0.3) is 11.5 Å². The second-order valence-corrected chi connectivity index (χ2v) is 7.42. The van der Waals surface area contributed by atoms with Gasteiger partial charge in [-0.15, -0.1) is 20.4 Å². The molecule has 2 aromatic heterocycles. The van der Waals surface area contributed by atoms with Gasteiger partial charge in [0.1, 0.15) is 5.82 Å². The minimum Gasteiger partial charge on any atom is -0.419 e. The fraction of sp³-hybridized carbons (Fsp3) is 0.158. The highest BCUT2D eigenvalue weighted by Crippen LogP contribution is 2.34. The van der Waals surface area contributed by atoms with Crippen LogP contribution >= 0.6 is 11.8 Å².